The van der Waals surface area contributed by atoms with E-state index in [2.05, 4.69) is 4.72 Å². The summed E-state index contributed by atoms with van der Waals surface area (Å²) in [7, 11) is -3.72. The number of hydrogen-bond donors (Lipinski definition) is 1. The van der Waals surface area contributed by atoms with Gasteiger partial charge in [0.25, 0.3) is 0 Å². The Morgan fingerprint density at radius 2 is 1.79 bits per heavy atom. The van der Waals surface area contributed by atoms with Crippen LogP contribution in [0.1, 0.15) is 5.56 Å². The van der Waals surface area contributed by atoms with Gasteiger partial charge in [-0.05, 0) is 29.1 Å². The molecule has 1 aromatic carbocycles. The highest BCUT2D eigenvalue weighted by atomic mass is 32.2. The molecule has 0 aliphatic carbocycles. The lowest BCUT2D eigenvalue weighted by Crippen LogP contribution is -2.22. The molecular weight excluding hydrogens is 299 g/mol. The van der Waals surface area contributed by atoms with E-state index in [1.165, 1.54) is 6.07 Å². The Hall–Kier alpha value is -1.38. The predicted molar refractivity (Wildman–Crippen MR) is 64.7 cm³/mol. The van der Waals surface area contributed by atoms with Gasteiger partial charge < -0.3 is 0 Å². The third-order valence-electron chi connectivity index (χ3n) is 2.27. The van der Waals surface area contributed by atoms with Gasteiger partial charge in [-0.2, -0.15) is 0 Å². The molecule has 0 radical (unpaired) electrons. The van der Waals surface area contributed by atoms with Crippen molar-refractivity contribution >= 4 is 21.4 Å². The molecule has 1 aromatic heterocycles. The summed E-state index contributed by atoms with van der Waals surface area (Å²) in [4.78, 5) is 0. The second kappa shape index (κ2) is 5.32. The van der Waals surface area contributed by atoms with Crippen molar-refractivity contribution in [3.8, 4) is 0 Å². The fourth-order valence-corrected chi connectivity index (χ4v) is 3.43. The molecule has 0 saturated carbocycles. The summed E-state index contributed by atoms with van der Waals surface area (Å²) >= 11 is 1.02. The smallest absolute Gasteiger partial charge is 0.206 e. The molecule has 0 aliphatic heterocycles. The van der Waals surface area contributed by atoms with Gasteiger partial charge in [-0.15, -0.1) is 11.3 Å². The third kappa shape index (κ3) is 3.14. The van der Waals surface area contributed by atoms with Crippen LogP contribution in [0.4, 0.5) is 13.2 Å². The topological polar surface area (TPSA) is 46.2 Å². The number of halogens is 3. The van der Waals surface area contributed by atoms with Crippen molar-refractivity contribution < 1.29 is 21.6 Å². The third-order valence-corrected chi connectivity index (χ3v) is 5.07. The minimum absolute atomic E-state index is 0.00321. The first-order valence-corrected chi connectivity index (χ1v) is 7.43. The molecule has 0 saturated heterocycles. The molecule has 0 atom stereocenters. The average molecular weight is 307 g/mol. The number of hydrogen-bond acceptors (Lipinski definition) is 3. The highest BCUT2D eigenvalue weighted by Gasteiger charge is 2.16. The summed E-state index contributed by atoms with van der Waals surface area (Å²) in [5.41, 5.74) is -0.00321. The molecule has 102 valence electrons. The van der Waals surface area contributed by atoms with Gasteiger partial charge >= 0.3 is 0 Å². The highest BCUT2D eigenvalue weighted by Crippen LogP contribution is 2.17. The van der Waals surface area contributed by atoms with Crippen LogP contribution in [-0.4, -0.2) is 8.42 Å². The Labute approximate surface area is 111 Å². The number of benzene rings is 1. The van der Waals surface area contributed by atoms with E-state index < -0.39 is 27.5 Å². The van der Waals surface area contributed by atoms with E-state index in [-0.39, 0.29) is 16.3 Å². The Morgan fingerprint density at radius 1 is 1.16 bits per heavy atom. The van der Waals surface area contributed by atoms with Crippen LogP contribution >= 0.6 is 11.3 Å². The van der Waals surface area contributed by atoms with Crippen LogP contribution in [0.2, 0.25) is 0 Å². The molecule has 0 aliphatic rings. The zero-order valence-corrected chi connectivity index (χ0v) is 11.0. The fourth-order valence-electron chi connectivity index (χ4n) is 1.38. The van der Waals surface area contributed by atoms with Crippen LogP contribution in [0.25, 0.3) is 0 Å². The van der Waals surface area contributed by atoms with Crippen molar-refractivity contribution in [2.24, 2.45) is 0 Å². The first kappa shape index (κ1) is 14.0. The average Bonchev–Trinajstić information content (AvgIpc) is 2.88. The molecule has 0 spiro atoms. The summed E-state index contributed by atoms with van der Waals surface area (Å²) in [6.45, 7) is -0.325. The van der Waals surface area contributed by atoms with Crippen molar-refractivity contribution in [3.05, 3.63) is 52.7 Å². The molecule has 1 N–H and O–H groups in total. The largest absolute Gasteiger partial charge is 0.250 e. The van der Waals surface area contributed by atoms with Crippen LogP contribution < -0.4 is 4.72 Å². The van der Waals surface area contributed by atoms with Gasteiger partial charge in [-0.1, -0.05) is 6.07 Å². The molecule has 2 aromatic rings. The molecule has 2 rings (SSSR count). The van der Waals surface area contributed by atoms with Crippen molar-refractivity contribution in [1.82, 2.24) is 4.72 Å². The Bertz CT molecular complexity index is 661. The minimum Gasteiger partial charge on any atom is -0.206 e. The molecule has 8 heteroatoms. The number of sulfonamides is 1. The lowest BCUT2D eigenvalue weighted by Gasteiger charge is -2.06. The van der Waals surface area contributed by atoms with E-state index in [1.54, 1.807) is 11.4 Å². The molecule has 0 amide bonds. The molecule has 19 heavy (non-hydrogen) atoms. The SMILES string of the molecule is O=S(=O)(NCc1cc(F)c(F)c(F)c1)c1cccs1. The first-order chi connectivity index (χ1) is 8.90. The van der Waals surface area contributed by atoms with E-state index in [9.17, 15) is 21.6 Å². The maximum absolute atomic E-state index is 12.9. The summed E-state index contributed by atoms with van der Waals surface area (Å²) in [5.74, 6) is -4.29. The predicted octanol–water partition coefficient (Wildman–Crippen LogP) is 2.64. The molecule has 3 nitrogen and oxygen atoms in total. The first-order valence-electron chi connectivity index (χ1n) is 5.07. The number of nitrogens with one attached hydrogen (secondary N) is 1. The van der Waals surface area contributed by atoms with Gasteiger partial charge in [0.1, 0.15) is 4.21 Å². The maximum atomic E-state index is 12.9. The fraction of sp³-hybridized carbons (Fsp3) is 0.0909. The van der Waals surface area contributed by atoms with Gasteiger partial charge in [0, 0.05) is 6.54 Å². The molecule has 0 fully saturated rings. The van der Waals surface area contributed by atoms with E-state index in [0.29, 0.717) is 0 Å². The quantitative estimate of drug-likeness (QED) is 0.883. The van der Waals surface area contributed by atoms with E-state index in [1.807, 2.05) is 0 Å². The van der Waals surface area contributed by atoms with E-state index in [0.717, 1.165) is 23.5 Å². The summed E-state index contributed by atoms with van der Waals surface area (Å²) in [5, 5.41) is 1.59. The lowest BCUT2D eigenvalue weighted by molar-refractivity contribution is 0.445. The van der Waals surface area contributed by atoms with Gasteiger partial charge in [0.2, 0.25) is 10.0 Å². The zero-order valence-electron chi connectivity index (χ0n) is 9.36. The Balaban J connectivity index is 2.16. The normalized spacial score (nSPS) is 11.7. The second-order valence-electron chi connectivity index (χ2n) is 3.63. The second-order valence-corrected chi connectivity index (χ2v) is 6.57. The van der Waals surface area contributed by atoms with E-state index in [4.69, 9.17) is 0 Å². The van der Waals surface area contributed by atoms with Crippen molar-refractivity contribution in [2.45, 2.75) is 10.8 Å². The van der Waals surface area contributed by atoms with Crippen molar-refractivity contribution in [3.63, 3.8) is 0 Å². The lowest BCUT2D eigenvalue weighted by atomic mass is 10.2. The molecule has 1 heterocycles. The van der Waals surface area contributed by atoms with Crippen molar-refractivity contribution in [1.29, 1.82) is 0 Å². The summed E-state index contributed by atoms with van der Waals surface area (Å²) in [6.07, 6.45) is 0. The molecule has 0 unspecified atom stereocenters. The van der Waals surface area contributed by atoms with Crippen LogP contribution in [0, 0.1) is 17.5 Å². The molecular formula is C11H8F3NO2S2. The van der Waals surface area contributed by atoms with Crippen LogP contribution in [0.5, 0.6) is 0 Å². The standard InChI is InChI=1S/C11H8F3NO2S2/c12-8-4-7(5-9(13)11(8)14)6-15-19(16,17)10-2-1-3-18-10/h1-5,15H,6H2. The zero-order chi connectivity index (χ0) is 14.0. The van der Waals surface area contributed by atoms with Gasteiger partial charge in [-0.3, -0.25) is 0 Å². The minimum atomic E-state index is -3.72. The van der Waals surface area contributed by atoms with Crippen LogP contribution in [0.15, 0.2) is 33.9 Å². The monoisotopic (exact) mass is 307 g/mol. The van der Waals surface area contributed by atoms with Crippen LogP contribution in [-0.2, 0) is 16.6 Å². The summed E-state index contributed by atoms with van der Waals surface area (Å²) < 4.78 is 64.4. The number of thiophene rings is 1. The Kier molecular flexibility index (Phi) is 3.93. The van der Waals surface area contributed by atoms with Crippen LogP contribution in [0.3, 0.4) is 0 Å². The highest BCUT2D eigenvalue weighted by molar-refractivity contribution is 7.91. The van der Waals surface area contributed by atoms with E-state index >= 15 is 0 Å². The maximum Gasteiger partial charge on any atom is 0.250 e. The Morgan fingerprint density at radius 3 is 2.32 bits per heavy atom. The van der Waals surface area contributed by atoms with Gasteiger partial charge in [-0.25, -0.2) is 26.3 Å². The molecule has 0 bridgehead atoms. The van der Waals surface area contributed by atoms with Gasteiger partial charge in [0.05, 0.1) is 0 Å². The number of rotatable bonds is 4. The van der Waals surface area contributed by atoms with Crippen molar-refractivity contribution in [2.75, 3.05) is 0 Å². The van der Waals surface area contributed by atoms with Gasteiger partial charge in [0.15, 0.2) is 17.5 Å². The summed E-state index contributed by atoms with van der Waals surface area (Å²) in [6, 6.07) is 4.46.